The molecule has 0 saturated carbocycles. The number of furan rings is 1. The summed E-state index contributed by atoms with van der Waals surface area (Å²) in [6.07, 6.45) is 1.84. The molecule has 1 aliphatic heterocycles. The Morgan fingerprint density at radius 3 is 2.02 bits per heavy atom. The van der Waals surface area contributed by atoms with Crippen LogP contribution in [-0.4, -0.2) is 0 Å². The van der Waals surface area contributed by atoms with Crippen LogP contribution in [0.25, 0.3) is 44.2 Å². The Labute approximate surface area is 244 Å². The fourth-order valence-corrected chi connectivity index (χ4v) is 6.13. The first-order valence-corrected chi connectivity index (χ1v) is 14.4. The van der Waals surface area contributed by atoms with Crippen molar-refractivity contribution in [3.05, 3.63) is 144 Å². The molecule has 0 saturated heterocycles. The van der Waals surface area contributed by atoms with Crippen LogP contribution < -0.4 is 9.47 Å². The molecule has 6 aromatic carbocycles. The van der Waals surface area contributed by atoms with Crippen LogP contribution in [0.5, 0.6) is 23.0 Å². The van der Waals surface area contributed by atoms with Crippen molar-refractivity contribution < 1.29 is 13.9 Å². The molecule has 42 heavy (non-hydrogen) atoms. The maximum Gasteiger partial charge on any atom is 0.170 e. The SMILES string of the molecule is Cc1ccccc1-c1cc(-c2ccc3c(c2)Oc2ccccc2O3)ccc1CCc1cccc2oc3ccccc3c12. The number of benzene rings is 6. The molecule has 8 rings (SSSR count). The lowest BCUT2D eigenvalue weighted by Gasteiger charge is -2.21. The second-order valence-electron chi connectivity index (χ2n) is 10.9. The van der Waals surface area contributed by atoms with E-state index in [1.165, 1.54) is 38.6 Å². The average Bonchev–Trinajstić information content (AvgIpc) is 3.42. The van der Waals surface area contributed by atoms with E-state index in [1.807, 2.05) is 42.5 Å². The molecule has 0 radical (unpaired) electrons. The first kappa shape index (κ1) is 24.5. The summed E-state index contributed by atoms with van der Waals surface area (Å²) in [6, 6.07) is 44.2. The second-order valence-corrected chi connectivity index (χ2v) is 10.9. The van der Waals surface area contributed by atoms with E-state index in [-0.39, 0.29) is 0 Å². The van der Waals surface area contributed by atoms with Crippen molar-refractivity contribution in [3.8, 4) is 45.3 Å². The summed E-state index contributed by atoms with van der Waals surface area (Å²) in [5, 5.41) is 2.40. The zero-order chi connectivity index (χ0) is 28.0. The fourth-order valence-electron chi connectivity index (χ4n) is 6.13. The van der Waals surface area contributed by atoms with Crippen LogP contribution in [0.15, 0.2) is 132 Å². The normalized spacial score (nSPS) is 12.0. The molecule has 1 aromatic heterocycles. The molecule has 1 aliphatic rings. The molecule has 0 N–H and O–H groups in total. The minimum Gasteiger partial charge on any atom is -0.456 e. The van der Waals surface area contributed by atoms with Gasteiger partial charge in [0.15, 0.2) is 23.0 Å². The number of aryl methyl sites for hydroxylation is 3. The molecule has 0 bridgehead atoms. The summed E-state index contributed by atoms with van der Waals surface area (Å²) in [5.74, 6) is 2.93. The van der Waals surface area contributed by atoms with Crippen molar-refractivity contribution in [2.75, 3.05) is 0 Å². The topological polar surface area (TPSA) is 31.6 Å². The quantitative estimate of drug-likeness (QED) is 0.216. The number of fused-ring (bicyclic) bond motifs is 5. The second kappa shape index (κ2) is 9.97. The van der Waals surface area contributed by atoms with Gasteiger partial charge in [0.2, 0.25) is 0 Å². The minimum absolute atomic E-state index is 0.730. The highest BCUT2D eigenvalue weighted by atomic mass is 16.6. The van der Waals surface area contributed by atoms with Crippen LogP contribution in [-0.2, 0) is 12.8 Å². The van der Waals surface area contributed by atoms with Crippen molar-refractivity contribution in [1.29, 1.82) is 0 Å². The Morgan fingerprint density at radius 1 is 0.476 bits per heavy atom. The Balaban J connectivity index is 1.17. The highest BCUT2D eigenvalue weighted by Crippen LogP contribution is 2.46. The Hall–Kier alpha value is -5.28. The van der Waals surface area contributed by atoms with Gasteiger partial charge in [0, 0.05) is 10.8 Å². The zero-order valence-electron chi connectivity index (χ0n) is 23.3. The smallest absolute Gasteiger partial charge is 0.170 e. The maximum absolute atomic E-state index is 6.21. The van der Waals surface area contributed by atoms with Crippen LogP contribution in [0.1, 0.15) is 16.7 Å². The van der Waals surface area contributed by atoms with E-state index in [0.29, 0.717) is 0 Å². The summed E-state index contributed by atoms with van der Waals surface area (Å²) < 4.78 is 18.5. The standard InChI is InChI=1S/C39H28O3/c1-25-9-2-3-11-30(25)32-23-28(29-21-22-36-38(24-29)42-35-15-7-6-14-34(35)41-36)20-18-26(32)17-19-27-10-8-16-37-39(27)31-12-4-5-13-33(31)40-37/h2-16,18,20-24H,17,19H2,1H3. The minimum atomic E-state index is 0.730. The van der Waals surface area contributed by atoms with Gasteiger partial charge in [-0.3, -0.25) is 0 Å². The molecule has 3 heteroatoms. The van der Waals surface area contributed by atoms with Gasteiger partial charge >= 0.3 is 0 Å². The molecule has 0 spiro atoms. The van der Waals surface area contributed by atoms with Crippen LogP contribution in [0, 0.1) is 6.92 Å². The molecule has 0 amide bonds. The molecule has 0 aliphatic carbocycles. The van der Waals surface area contributed by atoms with Gasteiger partial charge in [-0.05, 0) is 101 Å². The molecule has 0 unspecified atom stereocenters. The summed E-state index contributed by atoms with van der Waals surface area (Å²) >= 11 is 0. The van der Waals surface area contributed by atoms with Gasteiger partial charge in [-0.1, -0.05) is 84.9 Å². The summed E-state index contributed by atoms with van der Waals surface area (Å²) in [6.45, 7) is 2.19. The van der Waals surface area contributed by atoms with E-state index in [4.69, 9.17) is 13.9 Å². The largest absolute Gasteiger partial charge is 0.456 e. The van der Waals surface area contributed by atoms with Crippen molar-refractivity contribution in [3.63, 3.8) is 0 Å². The number of rotatable bonds is 5. The number of para-hydroxylation sites is 3. The van der Waals surface area contributed by atoms with E-state index < -0.39 is 0 Å². The summed E-state index contributed by atoms with van der Waals surface area (Å²) in [5.41, 5.74) is 10.5. The Bertz CT molecular complexity index is 2120. The van der Waals surface area contributed by atoms with Gasteiger partial charge in [0.05, 0.1) is 0 Å². The third kappa shape index (κ3) is 4.22. The Morgan fingerprint density at radius 2 is 1.14 bits per heavy atom. The van der Waals surface area contributed by atoms with Gasteiger partial charge in [0.25, 0.3) is 0 Å². The molecule has 3 nitrogen and oxygen atoms in total. The lowest BCUT2D eigenvalue weighted by molar-refractivity contribution is 0.360. The predicted molar refractivity (Wildman–Crippen MR) is 170 cm³/mol. The first-order chi connectivity index (χ1) is 20.7. The van der Waals surface area contributed by atoms with Crippen molar-refractivity contribution in [2.45, 2.75) is 19.8 Å². The molecule has 0 fully saturated rings. The van der Waals surface area contributed by atoms with Crippen LogP contribution >= 0.6 is 0 Å². The third-order valence-electron chi connectivity index (χ3n) is 8.26. The number of ether oxygens (including phenoxy) is 2. The highest BCUT2D eigenvalue weighted by molar-refractivity contribution is 6.06. The predicted octanol–water partition coefficient (Wildman–Crippen LogP) is 10.9. The van der Waals surface area contributed by atoms with Gasteiger partial charge in [-0.15, -0.1) is 0 Å². The number of hydrogen-bond acceptors (Lipinski definition) is 3. The Kier molecular flexibility index (Phi) is 5.82. The van der Waals surface area contributed by atoms with Gasteiger partial charge in [0.1, 0.15) is 11.2 Å². The van der Waals surface area contributed by atoms with E-state index in [9.17, 15) is 0 Å². The van der Waals surface area contributed by atoms with Gasteiger partial charge in [-0.25, -0.2) is 0 Å². The van der Waals surface area contributed by atoms with E-state index >= 15 is 0 Å². The molecule has 7 aromatic rings. The molecule has 2 heterocycles. The van der Waals surface area contributed by atoms with Gasteiger partial charge < -0.3 is 13.9 Å². The lowest BCUT2D eigenvalue weighted by atomic mass is 9.89. The van der Waals surface area contributed by atoms with Crippen molar-refractivity contribution in [1.82, 2.24) is 0 Å². The lowest BCUT2D eigenvalue weighted by Crippen LogP contribution is -1.99. The van der Waals surface area contributed by atoms with Crippen LogP contribution in [0.3, 0.4) is 0 Å². The zero-order valence-corrected chi connectivity index (χ0v) is 23.3. The molecular weight excluding hydrogens is 516 g/mol. The highest BCUT2D eigenvalue weighted by Gasteiger charge is 2.19. The fraction of sp³-hybridized carbons (Fsp3) is 0.0769. The maximum atomic E-state index is 6.21. The molecule has 0 atom stereocenters. The molecular formula is C39H28O3. The third-order valence-corrected chi connectivity index (χ3v) is 8.26. The van der Waals surface area contributed by atoms with E-state index in [1.54, 1.807) is 0 Å². The summed E-state index contributed by atoms with van der Waals surface area (Å²) in [4.78, 5) is 0. The van der Waals surface area contributed by atoms with E-state index in [2.05, 4.69) is 91.9 Å². The first-order valence-electron chi connectivity index (χ1n) is 14.4. The molecule has 202 valence electrons. The summed E-state index contributed by atoms with van der Waals surface area (Å²) in [7, 11) is 0. The van der Waals surface area contributed by atoms with E-state index in [0.717, 1.165) is 58.1 Å². The van der Waals surface area contributed by atoms with Crippen molar-refractivity contribution in [2.24, 2.45) is 0 Å². The monoisotopic (exact) mass is 544 g/mol. The van der Waals surface area contributed by atoms with Crippen molar-refractivity contribution >= 4 is 21.9 Å². The van der Waals surface area contributed by atoms with Gasteiger partial charge in [-0.2, -0.15) is 0 Å². The average molecular weight is 545 g/mol. The van der Waals surface area contributed by atoms with Crippen LogP contribution in [0.4, 0.5) is 0 Å². The van der Waals surface area contributed by atoms with Crippen LogP contribution in [0.2, 0.25) is 0 Å². The number of hydrogen-bond donors (Lipinski definition) is 0.